The van der Waals surface area contributed by atoms with Gasteiger partial charge in [0.2, 0.25) is 5.91 Å². The Bertz CT molecular complexity index is 1400. The molecule has 1 aromatic heterocycles. The molecule has 2 heterocycles. The van der Waals surface area contributed by atoms with Crippen LogP contribution in [0.15, 0.2) is 33.6 Å². The highest BCUT2D eigenvalue weighted by atomic mass is 32.2. The van der Waals surface area contributed by atoms with Gasteiger partial charge in [0.15, 0.2) is 0 Å². The van der Waals surface area contributed by atoms with Crippen LogP contribution in [0.2, 0.25) is 0 Å². The molecule has 42 heavy (non-hydrogen) atoms. The molecule has 3 aliphatic rings. The molecule has 1 aromatic carbocycles. The van der Waals surface area contributed by atoms with Gasteiger partial charge in [-0.3, -0.25) is 19.3 Å². The largest absolute Gasteiger partial charge is 0.497 e. The van der Waals surface area contributed by atoms with Crippen molar-refractivity contribution in [3.63, 3.8) is 0 Å². The van der Waals surface area contributed by atoms with E-state index in [1.54, 1.807) is 26.4 Å². The molecular formula is C30H34N2O8S2. The molecule has 1 saturated heterocycles. The lowest BCUT2D eigenvalue weighted by molar-refractivity contribution is -0.143. The number of benzene rings is 1. The second-order valence-electron chi connectivity index (χ2n) is 10.9. The van der Waals surface area contributed by atoms with E-state index in [1.165, 1.54) is 24.6 Å². The van der Waals surface area contributed by atoms with Crippen LogP contribution in [-0.2, 0) is 20.8 Å². The predicted octanol–water partition coefficient (Wildman–Crippen LogP) is 4.24. The molecule has 2 saturated carbocycles. The van der Waals surface area contributed by atoms with Crippen LogP contribution in [0.4, 0.5) is 0 Å². The summed E-state index contributed by atoms with van der Waals surface area (Å²) in [6.07, 6.45) is 4.99. The summed E-state index contributed by atoms with van der Waals surface area (Å²) in [5.41, 5.74) is 1.55. The number of carboxylic acids is 1. The average molecular weight is 615 g/mol. The summed E-state index contributed by atoms with van der Waals surface area (Å²) >= 11 is 6.95. The monoisotopic (exact) mass is 614 g/mol. The SMILES string of the molecule is COc1cc(OC)cc(-c2cc(CCCNC(=O)C(O)CC(=O)O)c(C=C3SC(=S)N(C4CC5CCC4C5)C3=O)o2)c1. The Morgan fingerprint density at radius 3 is 2.55 bits per heavy atom. The van der Waals surface area contributed by atoms with Gasteiger partial charge < -0.3 is 29.4 Å². The minimum atomic E-state index is -1.61. The molecule has 2 aromatic rings. The van der Waals surface area contributed by atoms with Crippen molar-refractivity contribution >= 4 is 52.2 Å². The van der Waals surface area contributed by atoms with E-state index in [0.29, 0.717) is 56.9 Å². The fourth-order valence-electron chi connectivity index (χ4n) is 6.13. The van der Waals surface area contributed by atoms with E-state index in [9.17, 15) is 19.5 Å². The minimum Gasteiger partial charge on any atom is -0.497 e. The maximum atomic E-state index is 13.6. The third-order valence-corrected chi connectivity index (χ3v) is 9.52. The number of hydrogen-bond donors (Lipinski definition) is 3. The van der Waals surface area contributed by atoms with Crippen molar-refractivity contribution in [1.82, 2.24) is 10.2 Å². The number of carbonyl (C=O) groups excluding carboxylic acids is 2. The average Bonchev–Trinajstić information content (AvgIpc) is 3.75. The highest BCUT2D eigenvalue weighted by molar-refractivity contribution is 8.26. The third-order valence-electron chi connectivity index (χ3n) is 8.19. The highest BCUT2D eigenvalue weighted by Gasteiger charge is 2.48. The van der Waals surface area contributed by atoms with Crippen LogP contribution < -0.4 is 14.8 Å². The quantitative estimate of drug-likeness (QED) is 0.181. The lowest BCUT2D eigenvalue weighted by atomic mass is 9.94. The maximum Gasteiger partial charge on any atom is 0.306 e. The van der Waals surface area contributed by atoms with E-state index in [0.717, 1.165) is 24.0 Å². The van der Waals surface area contributed by atoms with Gasteiger partial charge in [0.25, 0.3) is 5.91 Å². The number of aliphatic carboxylic acids is 1. The molecule has 2 bridgehead atoms. The Labute approximate surface area is 253 Å². The number of ether oxygens (including phenoxy) is 2. The number of amides is 2. The van der Waals surface area contributed by atoms with Crippen LogP contribution in [0.1, 0.15) is 49.8 Å². The number of carbonyl (C=O) groups is 3. The van der Waals surface area contributed by atoms with Gasteiger partial charge in [-0.05, 0) is 67.7 Å². The first-order chi connectivity index (χ1) is 20.2. The Balaban J connectivity index is 1.38. The maximum absolute atomic E-state index is 13.6. The van der Waals surface area contributed by atoms with Gasteiger partial charge in [-0.1, -0.05) is 30.4 Å². The number of carboxylic acid groups (broad SMARTS) is 1. The van der Waals surface area contributed by atoms with E-state index in [1.807, 2.05) is 23.1 Å². The number of aliphatic hydroxyl groups excluding tert-OH is 1. The van der Waals surface area contributed by atoms with Crippen LogP contribution >= 0.6 is 24.0 Å². The van der Waals surface area contributed by atoms with Crippen molar-refractivity contribution < 1.29 is 38.5 Å². The summed E-state index contributed by atoms with van der Waals surface area (Å²) in [4.78, 5) is 38.7. The predicted molar refractivity (Wildman–Crippen MR) is 161 cm³/mol. The number of aliphatic hydroxyl groups is 1. The van der Waals surface area contributed by atoms with E-state index >= 15 is 0 Å². The first-order valence-corrected chi connectivity index (χ1v) is 15.2. The van der Waals surface area contributed by atoms with Crippen LogP contribution in [0, 0.1) is 11.8 Å². The van der Waals surface area contributed by atoms with Gasteiger partial charge in [0.05, 0.1) is 25.5 Å². The molecule has 10 nitrogen and oxygen atoms in total. The van der Waals surface area contributed by atoms with Crippen LogP contribution in [0.25, 0.3) is 17.4 Å². The van der Waals surface area contributed by atoms with Crippen LogP contribution in [0.5, 0.6) is 11.5 Å². The van der Waals surface area contributed by atoms with Gasteiger partial charge >= 0.3 is 5.97 Å². The van der Waals surface area contributed by atoms with Gasteiger partial charge in [0.1, 0.15) is 33.4 Å². The Morgan fingerprint density at radius 2 is 1.93 bits per heavy atom. The van der Waals surface area contributed by atoms with Crippen molar-refractivity contribution in [2.24, 2.45) is 11.8 Å². The highest BCUT2D eigenvalue weighted by Crippen LogP contribution is 2.49. The zero-order valence-corrected chi connectivity index (χ0v) is 25.1. The minimum absolute atomic E-state index is 0.0887. The number of fused-ring (bicyclic) bond motifs is 2. The zero-order chi connectivity index (χ0) is 30.0. The number of thiocarbonyl (C=S) groups is 1. The Kier molecular flexibility index (Phi) is 9.24. The van der Waals surface area contributed by atoms with E-state index in [4.69, 9.17) is 31.2 Å². The molecule has 4 unspecified atom stereocenters. The second kappa shape index (κ2) is 12.9. The fraction of sp³-hybridized carbons (Fsp3) is 0.467. The molecule has 12 heteroatoms. The number of methoxy groups -OCH3 is 2. The molecular weight excluding hydrogens is 580 g/mol. The lowest BCUT2D eigenvalue weighted by Gasteiger charge is -2.30. The van der Waals surface area contributed by atoms with Crippen LogP contribution in [-0.4, -0.2) is 70.1 Å². The fourth-order valence-corrected chi connectivity index (χ4v) is 7.47. The summed E-state index contributed by atoms with van der Waals surface area (Å²) in [7, 11) is 3.13. The molecule has 4 atom stereocenters. The zero-order valence-electron chi connectivity index (χ0n) is 23.5. The van der Waals surface area contributed by atoms with Crippen molar-refractivity contribution in [3.8, 4) is 22.8 Å². The summed E-state index contributed by atoms with van der Waals surface area (Å²) < 4.78 is 17.7. The first kappa shape index (κ1) is 30.1. The number of rotatable bonds is 12. The third kappa shape index (κ3) is 6.50. The van der Waals surface area contributed by atoms with Gasteiger partial charge in [-0.15, -0.1) is 0 Å². The Hall–Kier alpha value is -3.35. The van der Waals surface area contributed by atoms with Crippen molar-refractivity contribution in [2.45, 2.75) is 57.1 Å². The van der Waals surface area contributed by atoms with Gasteiger partial charge in [-0.25, -0.2) is 0 Å². The van der Waals surface area contributed by atoms with E-state index < -0.39 is 24.4 Å². The van der Waals surface area contributed by atoms with Crippen molar-refractivity contribution in [3.05, 3.63) is 40.5 Å². The smallest absolute Gasteiger partial charge is 0.306 e. The summed E-state index contributed by atoms with van der Waals surface area (Å²) in [6.45, 7) is 0.217. The number of aryl methyl sites for hydroxylation is 1. The molecule has 3 N–H and O–H groups in total. The number of nitrogens with zero attached hydrogens (tertiary/aromatic N) is 1. The first-order valence-electron chi connectivity index (χ1n) is 14.0. The topological polar surface area (TPSA) is 139 Å². The van der Waals surface area contributed by atoms with E-state index in [-0.39, 0.29) is 18.5 Å². The number of nitrogens with one attached hydrogen (secondary N) is 1. The molecule has 0 radical (unpaired) electrons. The normalized spacial score (nSPS) is 23.1. The number of thioether (sulfide) groups is 1. The standard InChI is InChI=1S/C30H34N2O8S2/c1-38-20-10-19(11-21(13-20)39-2)24-12-18(4-3-7-31-28(36)23(33)14-27(34)35)25(40-24)15-26-29(37)32(30(41)42-26)22-9-16-5-6-17(22)8-16/h10-13,15-17,22-23,33H,3-9,14H2,1-2H3,(H,31,36)(H,34,35). The molecule has 0 spiro atoms. The second-order valence-corrected chi connectivity index (χ2v) is 12.6. The van der Waals surface area contributed by atoms with Gasteiger partial charge in [0, 0.05) is 30.3 Å². The molecule has 5 rings (SSSR count). The van der Waals surface area contributed by atoms with Crippen molar-refractivity contribution in [1.29, 1.82) is 0 Å². The molecule has 2 aliphatic carbocycles. The van der Waals surface area contributed by atoms with Gasteiger partial charge in [-0.2, -0.15) is 0 Å². The molecule has 2 amide bonds. The molecule has 3 fully saturated rings. The Morgan fingerprint density at radius 1 is 1.19 bits per heavy atom. The number of hydrogen-bond acceptors (Lipinski definition) is 9. The molecule has 1 aliphatic heterocycles. The summed E-state index contributed by atoms with van der Waals surface area (Å²) in [5, 5.41) is 21.1. The summed E-state index contributed by atoms with van der Waals surface area (Å²) in [6, 6.07) is 7.47. The van der Waals surface area contributed by atoms with E-state index in [2.05, 4.69) is 5.32 Å². The number of furan rings is 1. The summed E-state index contributed by atoms with van der Waals surface area (Å²) in [5.74, 6) is 1.36. The van der Waals surface area contributed by atoms with Crippen LogP contribution in [0.3, 0.4) is 0 Å². The molecule has 224 valence electrons. The van der Waals surface area contributed by atoms with Crippen molar-refractivity contribution in [2.75, 3.05) is 20.8 Å². The lowest BCUT2D eigenvalue weighted by Crippen LogP contribution is -2.41.